The van der Waals surface area contributed by atoms with Crippen molar-refractivity contribution >= 4 is 27.7 Å². The molecule has 0 fully saturated rings. The van der Waals surface area contributed by atoms with Crippen molar-refractivity contribution in [2.75, 3.05) is 26.6 Å². The van der Waals surface area contributed by atoms with Gasteiger partial charge in [-0.05, 0) is 42.0 Å². The smallest absolute Gasteiger partial charge is 0.251 e. The fourth-order valence-corrected chi connectivity index (χ4v) is 3.65. The maximum Gasteiger partial charge on any atom is 0.251 e. The van der Waals surface area contributed by atoms with Crippen molar-refractivity contribution in [1.29, 1.82) is 0 Å². The van der Waals surface area contributed by atoms with E-state index in [0.29, 0.717) is 41.1 Å². The summed E-state index contributed by atoms with van der Waals surface area (Å²) >= 11 is 4.85. The van der Waals surface area contributed by atoms with Crippen molar-refractivity contribution in [3.8, 4) is 17.2 Å². The van der Waals surface area contributed by atoms with Crippen LogP contribution in [0.1, 0.15) is 11.3 Å². The van der Waals surface area contributed by atoms with Crippen molar-refractivity contribution in [2.24, 2.45) is 0 Å². The highest BCUT2D eigenvalue weighted by Crippen LogP contribution is 2.28. The van der Waals surface area contributed by atoms with Crippen LogP contribution in [0, 0.1) is 0 Å². The predicted octanol–water partition coefficient (Wildman–Crippen LogP) is 4.31. The SMILES string of the molecule is COc1ccc(Cc2cc(=O)[nH]c(SCCOc3ccc(Br)cc3)n2)cc1OC. The van der Waals surface area contributed by atoms with Gasteiger partial charge in [-0.3, -0.25) is 4.79 Å². The second kappa shape index (κ2) is 10.4. The van der Waals surface area contributed by atoms with Gasteiger partial charge in [-0.25, -0.2) is 4.98 Å². The number of thioether (sulfide) groups is 1. The van der Waals surface area contributed by atoms with Crippen molar-refractivity contribution in [2.45, 2.75) is 11.6 Å². The van der Waals surface area contributed by atoms with E-state index < -0.39 is 0 Å². The van der Waals surface area contributed by atoms with Crippen LogP contribution in [-0.4, -0.2) is 36.5 Å². The van der Waals surface area contributed by atoms with E-state index in [1.165, 1.54) is 17.8 Å². The molecule has 1 heterocycles. The molecular formula is C21H21BrN2O4S. The number of ether oxygens (including phenoxy) is 3. The Morgan fingerprint density at radius 2 is 1.79 bits per heavy atom. The van der Waals surface area contributed by atoms with Crippen molar-refractivity contribution in [3.05, 3.63) is 74.6 Å². The molecule has 29 heavy (non-hydrogen) atoms. The van der Waals surface area contributed by atoms with Crippen LogP contribution in [0.25, 0.3) is 0 Å². The number of aromatic amines is 1. The quantitative estimate of drug-likeness (QED) is 0.281. The second-order valence-corrected chi connectivity index (χ2v) is 8.06. The second-order valence-electron chi connectivity index (χ2n) is 6.06. The van der Waals surface area contributed by atoms with Gasteiger partial charge in [-0.1, -0.05) is 33.8 Å². The lowest BCUT2D eigenvalue weighted by atomic mass is 10.1. The van der Waals surface area contributed by atoms with E-state index in [-0.39, 0.29) is 5.56 Å². The molecule has 0 unspecified atom stereocenters. The zero-order valence-corrected chi connectivity index (χ0v) is 18.5. The molecule has 1 N–H and O–H groups in total. The molecule has 0 atom stereocenters. The molecule has 0 aliphatic carbocycles. The standard InChI is InChI=1S/C21H21BrN2O4S/c1-26-18-8-3-14(12-19(18)27-2)11-16-13-20(25)24-21(23-16)29-10-9-28-17-6-4-15(22)5-7-17/h3-8,12-13H,9-11H2,1-2H3,(H,23,24,25). The third-order valence-electron chi connectivity index (χ3n) is 4.01. The zero-order chi connectivity index (χ0) is 20.6. The monoisotopic (exact) mass is 476 g/mol. The number of halogens is 1. The highest BCUT2D eigenvalue weighted by atomic mass is 79.9. The molecule has 0 amide bonds. The molecule has 0 radical (unpaired) electrons. The summed E-state index contributed by atoms with van der Waals surface area (Å²) < 4.78 is 17.3. The van der Waals surface area contributed by atoms with Gasteiger partial charge in [0.2, 0.25) is 0 Å². The first-order valence-corrected chi connectivity index (χ1v) is 10.7. The molecule has 0 bridgehead atoms. The number of aromatic nitrogens is 2. The number of H-pyrrole nitrogens is 1. The largest absolute Gasteiger partial charge is 0.493 e. The van der Waals surface area contributed by atoms with Crippen LogP contribution in [-0.2, 0) is 6.42 Å². The van der Waals surface area contributed by atoms with Crippen LogP contribution < -0.4 is 19.8 Å². The normalized spacial score (nSPS) is 10.6. The van der Waals surface area contributed by atoms with E-state index in [4.69, 9.17) is 14.2 Å². The van der Waals surface area contributed by atoms with Crippen LogP contribution in [0.2, 0.25) is 0 Å². The highest BCUT2D eigenvalue weighted by molar-refractivity contribution is 9.10. The summed E-state index contributed by atoms with van der Waals surface area (Å²) in [6.45, 7) is 0.510. The van der Waals surface area contributed by atoms with Gasteiger partial charge in [-0.2, -0.15) is 0 Å². The molecular weight excluding hydrogens is 456 g/mol. The first kappa shape index (κ1) is 21.3. The number of hydrogen-bond donors (Lipinski definition) is 1. The van der Waals surface area contributed by atoms with E-state index in [0.717, 1.165) is 15.8 Å². The lowest BCUT2D eigenvalue weighted by Crippen LogP contribution is -2.11. The Hall–Kier alpha value is -2.45. The number of benzene rings is 2. The number of nitrogens with one attached hydrogen (secondary N) is 1. The molecule has 0 aliphatic heterocycles. The van der Waals surface area contributed by atoms with Gasteiger partial charge in [0.1, 0.15) is 5.75 Å². The van der Waals surface area contributed by atoms with Crippen LogP contribution >= 0.6 is 27.7 Å². The molecule has 3 rings (SSSR count). The molecule has 8 heteroatoms. The number of nitrogens with zero attached hydrogens (tertiary/aromatic N) is 1. The minimum Gasteiger partial charge on any atom is -0.493 e. The first-order chi connectivity index (χ1) is 14.1. The van der Waals surface area contributed by atoms with Crippen molar-refractivity contribution in [1.82, 2.24) is 9.97 Å². The molecule has 0 saturated carbocycles. The number of rotatable bonds is 9. The Kier molecular flexibility index (Phi) is 7.60. The highest BCUT2D eigenvalue weighted by Gasteiger charge is 2.08. The maximum absolute atomic E-state index is 12.0. The van der Waals surface area contributed by atoms with Gasteiger partial charge in [0.05, 0.1) is 26.5 Å². The van der Waals surface area contributed by atoms with Gasteiger partial charge in [0.15, 0.2) is 16.7 Å². The minimum atomic E-state index is -0.174. The average Bonchev–Trinajstić information content (AvgIpc) is 2.72. The molecule has 0 saturated heterocycles. The topological polar surface area (TPSA) is 73.4 Å². The summed E-state index contributed by atoms with van der Waals surface area (Å²) in [6.07, 6.45) is 0.521. The summed E-state index contributed by atoms with van der Waals surface area (Å²) in [5.41, 5.74) is 1.50. The lowest BCUT2D eigenvalue weighted by molar-refractivity contribution is 0.344. The Morgan fingerprint density at radius 1 is 1.03 bits per heavy atom. The molecule has 152 valence electrons. The van der Waals surface area contributed by atoms with Gasteiger partial charge < -0.3 is 19.2 Å². The molecule has 0 aliphatic rings. The third-order valence-corrected chi connectivity index (χ3v) is 5.38. The molecule has 2 aromatic carbocycles. The molecule has 0 spiro atoms. The molecule has 1 aromatic heterocycles. The first-order valence-electron chi connectivity index (χ1n) is 8.89. The average molecular weight is 477 g/mol. The van der Waals surface area contributed by atoms with Gasteiger partial charge in [-0.15, -0.1) is 0 Å². The van der Waals surface area contributed by atoms with Crippen LogP contribution in [0.4, 0.5) is 0 Å². The van der Waals surface area contributed by atoms with E-state index in [2.05, 4.69) is 25.9 Å². The van der Waals surface area contributed by atoms with Gasteiger partial charge >= 0.3 is 0 Å². The Balaban J connectivity index is 1.60. The minimum absolute atomic E-state index is 0.174. The lowest BCUT2D eigenvalue weighted by Gasteiger charge is -2.10. The zero-order valence-electron chi connectivity index (χ0n) is 16.1. The van der Waals surface area contributed by atoms with E-state index >= 15 is 0 Å². The fourth-order valence-electron chi connectivity index (χ4n) is 2.67. The Labute approximate surface area is 181 Å². The van der Waals surface area contributed by atoms with Crippen LogP contribution in [0.15, 0.2) is 63.0 Å². The van der Waals surface area contributed by atoms with Crippen molar-refractivity contribution < 1.29 is 14.2 Å². The summed E-state index contributed by atoms with van der Waals surface area (Å²) in [6, 6.07) is 14.8. The maximum atomic E-state index is 12.0. The third kappa shape index (κ3) is 6.27. The predicted molar refractivity (Wildman–Crippen MR) is 118 cm³/mol. The summed E-state index contributed by atoms with van der Waals surface area (Å²) in [5.74, 6) is 2.78. The molecule has 3 aromatic rings. The van der Waals surface area contributed by atoms with E-state index in [1.807, 2.05) is 42.5 Å². The number of methoxy groups -OCH3 is 2. The van der Waals surface area contributed by atoms with E-state index in [9.17, 15) is 4.79 Å². The van der Waals surface area contributed by atoms with Crippen LogP contribution in [0.5, 0.6) is 17.2 Å². The van der Waals surface area contributed by atoms with Crippen LogP contribution in [0.3, 0.4) is 0 Å². The summed E-state index contributed by atoms with van der Waals surface area (Å²) in [4.78, 5) is 19.3. The Bertz CT molecular complexity index is 1010. The summed E-state index contributed by atoms with van der Waals surface area (Å²) in [5, 5.41) is 0.576. The van der Waals surface area contributed by atoms with E-state index in [1.54, 1.807) is 14.2 Å². The van der Waals surface area contributed by atoms with Gasteiger partial charge in [0, 0.05) is 22.7 Å². The van der Waals surface area contributed by atoms with Crippen molar-refractivity contribution in [3.63, 3.8) is 0 Å². The summed E-state index contributed by atoms with van der Waals surface area (Å²) in [7, 11) is 3.19. The Morgan fingerprint density at radius 3 is 2.52 bits per heavy atom. The number of hydrogen-bond acceptors (Lipinski definition) is 6. The van der Waals surface area contributed by atoms with Gasteiger partial charge in [0.25, 0.3) is 5.56 Å². The molecule has 6 nitrogen and oxygen atoms in total. The fraction of sp³-hybridized carbons (Fsp3) is 0.238.